The van der Waals surface area contributed by atoms with Crippen LogP contribution in [0.15, 0.2) is 0 Å². The number of carboxylic acid groups (broad SMARTS) is 2. The van der Waals surface area contributed by atoms with Crippen LogP contribution in [-0.2, 0) is 19.2 Å². The molecule has 11 heteroatoms. The molecule has 0 spiro atoms. The van der Waals surface area contributed by atoms with E-state index in [1.54, 1.807) is 28.7 Å². The number of carbonyl (C=O) groups excluding carboxylic acids is 2. The summed E-state index contributed by atoms with van der Waals surface area (Å²) in [6.45, 7) is 5.50. The van der Waals surface area contributed by atoms with E-state index in [4.69, 9.17) is 10.2 Å². The maximum Gasteiger partial charge on any atom is 0.317 e. The maximum absolute atomic E-state index is 12.9. The number of nitrogens with zero attached hydrogens (tertiary/aromatic N) is 4. The van der Waals surface area contributed by atoms with Crippen LogP contribution in [0, 0.1) is 0 Å². The first-order chi connectivity index (χ1) is 14.6. The number of Topliss-reactive ketones (excluding diaryl/α,β-unsaturated/α-hetero) is 1. The van der Waals surface area contributed by atoms with Crippen LogP contribution in [0.3, 0.4) is 0 Å². The van der Waals surface area contributed by atoms with Gasteiger partial charge in [-0.2, -0.15) is 0 Å². The van der Waals surface area contributed by atoms with E-state index >= 15 is 0 Å². The highest BCUT2D eigenvalue weighted by molar-refractivity contribution is 5.87. The summed E-state index contributed by atoms with van der Waals surface area (Å²) >= 11 is 0. The Balaban J connectivity index is 1.97. The predicted molar refractivity (Wildman–Crippen MR) is 113 cm³/mol. The van der Waals surface area contributed by atoms with Crippen molar-refractivity contribution in [3.63, 3.8) is 0 Å². The number of ketones is 1. The molecule has 11 nitrogen and oxygen atoms in total. The Morgan fingerprint density at radius 3 is 1.45 bits per heavy atom. The van der Waals surface area contributed by atoms with Crippen LogP contribution in [0.1, 0.15) is 19.8 Å². The fourth-order valence-electron chi connectivity index (χ4n) is 4.25. The largest absolute Gasteiger partial charge is 0.480 e. The van der Waals surface area contributed by atoms with Crippen molar-refractivity contribution < 1.29 is 29.4 Å². The Labute approximate surface area is 182 Å². The number of piperidine rings is 1. The molecule has 2 heterocycles. The minimum Gasteiger partial charge on any atom is -0.480 e. The third kappa shape index (κ3) is 7.53. The van der Waals surface area contributed by atoms with Crippen LogP contribution in [0.2, 0.25) is 0 Å². The second-order valence-corrected chi connectivity index (χ2v) is 8.39. The molecule has 2 aliphatic heterocycles. The summed E-state index contributed by atoms with van der Waals surface area (Å²) in [7, 11) is 1.77. The first-order valence-electron chi connectivity index (χ1n) is 10.7. The van der Waals surface area contributed by atoms with Gasteiger partial charge in [0.1, 0.15) is 5.78 Å². The van der Waals surface area contributed by atoms with Gasteiger partial charge in [-0.05, 0) is 26.8 Å². The second kappa shape index (κ2) is 11.5. The molecule has 31 heavy (non-hydrogen) atoms. The van der Waals surface area contributed by atoms with E-state index in [2.05, 4.69) is 5.32 Å². The minimum absolute atomic E-state index is 0.0259. The summed E-state index contributed by atoms with van der Waals surface area (Å²) in [4.78, 5) is 54.5. The summed E-state index contributed by atoms with van der Waals surface area (Å²) in [5, 5.41) is 21.4. The van der Waals surface area contributed by atoms with Crippen LogP contribution in [0.5, 0.6) is 0 Å². The fourth-order valence-corrected chi connectivity index (χ4v) is 4.25. The number of likely N-dealkylation sites (tertiary alicyclic amines) is 1. The van der Waals surface area contributed by atoms with E-state index in [0.29, 0.717) is 65.2 Å². The number of nitrogens with one attached hydrogen (secondary N) is 1. The van der Waals surface area contributed by atoms with Crippen LogP contribution < -0.4 is 5.32 Å². The molecular weight excluding hydrogens is 406 g/mol. The lowest BCUT2D eigenvalue weighted by Crippen LogP contribution is -2.58. The van der Waals surface area contributed by atoms with E-state index in [-0.39, 0.29) is 31.3 Å². The van der Waals surface area contributed by atoms with Gasteiger partial charge in [-0.25, -0.2) is 0 Å². The van der Waals surface area contributed by atoms with E-state index in [0.717, 1.165) is 0 Å². The quantitative estimate of drug-likeness (QED) is 0.398. The van der Waals surface area contributed by atoms with E-state index < -0.39 is 17.5 Å². The summed E-state index contributed by atoms with van der Waals surface area (Å²) < 4.78 is 0. The van der Waals surface area contributed by atoms with Crippen molar-refractivity contribution in [2.75, 3.05) is 79.0 Å². The second-order valence-electron chi connectivity index (χ2n) is 8.39. The average Bonchev–Trinajstić information content (AvgIpc) is 2.79. The number of likely N-dealkylation sites (N-methyl/N-ethyl adjacent to an activating group) is 1. The first-order valence-corrected chi connectivity index (χ1v) is 10.7. The van der Waals surface area contributed by atoms with Gasteiger partial charge >= 0.3 is 11.9 Å². The van der Waals surface area contributed by atoms with E-state index in [9.17, 15) is 19.2 Å². The van der Waals surface area contributed by atoms with Crippen LogP contribution in [0.4, 0.5) is 0 Å². The highest BCUT2D eigenvalue weighted by Gasteiger charge is 2.38. The third-order valence-electron chi connectivity index (χ3n) is 6.40. The molecule has 0 unspecified atom stereocenters. The number of carbonyl (C=O) groups is 4. The fraction of sp³-hybridized carbons (Fsp3) is 0.800. The Hall–Kier alpha value is -2.08. The summed E-state index contributed by atoms with van der Waals surface area (Å²) in [5.74, 6) is -1.81. The van der Waals surface area contributed by atoms with Gasteiger partial charge in [0.25, 0.3) is 0 Å². The first kappa shape index (κ1) is 25.2. The molecule has 2 saturated heterocycles. The topological polar surface area (TPSA) is 134 Å². The average molecular weight is 442 g/mol. The number of hydrogen-bond acceptors (Lipinski definition) is 8. The van der Waals surface area contributed by atoms with Gasteiger partial charge in [-0.1, -0.05) is 0 Å². The Kier molecular flexibility index (Phi) is 9.35. The van der Waals surface area contributed by atoms with Crippen molar-refractivity contribution in [1.82, 2.24) is 24.9 Å². The van der Waals surface area contributed by atoms with E-state index in [1.165, 1.54) is 0 Å². The smallest absolute Gasteiger partial charge is 0.317 e. The van der Waals surface area contributed by atoms with Crippen LogP contribution >= 0.6 is 0 Å². The van der Waals surface area contributed by atoms with Crippen molar-refractivity contribution >= 4 is 23.6 Å². The van der Waals surface area contributed by atoms with Crippen molar-refractivity contribution in [1.29, 1.82) is 0 Å². The van der Waals surface area contributed by atoms with Gasteiger partial charge in [0.05, 0.1) is 25.2 Å². The lowest BCUT2D eigenvalue weighted by atomic mass is 9.84. The molecular formula is C20H35N5O6. The van der Waals surface area contributed by atoms with Crippen molar-refractivity contribution in [2.24, 2.45) is 0 Å². The minimum atomic E-state index is -0.932. The van der Waals surface area contributed by atoms with Crippen molar-refractivity contribution in [3.8, 4) is 0 Å². The Morgan fingerprint density at radius 2 is 1.13 bits per heavy atom. The van der Waals surface area contributed by atoms with Crippen molar-refractivity contribution in [2.45, 2.75) is 25.3 Å². The lowest BCUT2D eigenvalue weighted by molar-refractivity contribution is -0.140. The molecule has 176 valence electrons. The molecule has 0 atom stereocenters. The SMILES string of the molecule is CNC1(C(C)=O)CCN(C(=O)CN2CCN(CC(=O)O)CCN(CC(=O)O)CC2)CC1. The Bertz CT molecular complexity index is 636. The zero-order valence-electron chi connectivity index (χ0n) is 18.5. The van der Waals surface area contributed by atoms with Crippen LogP contribution in [0.25, 0.3) is 0 Å². The summed E-state index contributed by atoms with van der Waals surface area (Å²) in [5.41, 5.74) is -0.566. The molecule has 1 amide bonds. The van der Waals surface area contributed by atoms with Gasteiger partial charge in [-0.3, -0.25) is 33.9 Å². The molecule has 0 aromatic carbocycles. The summed E-state index contributed by atoms with van der Waals surface area (Å²) in [6.07, 6.45) is 1.15. The highest BCUT2D eigenvalue weighted by Crippen LogP contribution is 2.23. The van der Waals surface area contributed by atoms with Crippen molar-refractivity contribution in [3.05, 3.63) is 0 Å². The monoisotopic (exact) mass is 441 g/mol. The molecule has 0 radical (unpaired) electrons. The molecule has 2 aliphatic rings. The number of amides is 1. The molecule has 3 N–H and O–H groups in total. The number of carboxylic acids is 2. The predicted octanol–water partition coefficient (Wildman–Crippen LogP) is -1.76. The molecule has 2 rings (SSSR count). The van der Waals surface area contributed by atoms with Gasteiger partial charge in [0.2, 0.25) is 5.91 Å². The van der Waals surface area contributed by atoms with Gasteiger partial charge in [0, 0.05) is 52.4 Å². The van der Waals surface area contributed by atoms with Gasteiger partial charge < -0.3 is 20.4 Å². The number of rotatable bonds is 8. The lowest BCUT2D eigenvalue weighted by Gasteiger charge is -2.40. The molecule has 0 saturated carbocycles. The highest BCUT2D eigenvalue weighted by atomic mass is 16.4. The molecule has 0 aliphatic carbocycles. The third-order valence-corrected chi connectivity index (χ3v) is 6.40. The molecule has 0 bridgehead atoms. The summed E-state index contributed by atoms with van der Waals surface area (Å²) in [6, 6.07) is 0. The standard InChI is InChI=1S/C20H35N5O6/c1-16(26)20(21-2)3-5-25(6-4-20)17(27)13-22-7-9-23(14-18(28)29)11-12-24(10-8-22)15-19(30)31/h21H,3-15H2,1-2H3,(H,28,29)(H,30,31). The number of aliphatic carboxylic acids is 2. The van der Waals surface area contributed by atoms with Crippen LogP contribution in [-0.4, -0.2) is 138 Å². The molecule has 0 aromatic rings. The molecule has 0 aromatic heterocycles. The normalized spacial score (nSPS) is 21.7. The zero-order valence-corrected chi connectivity index (χ0v) is 18.5. The number of hydrogen-bond donors (Lipinski definition) is 3. The Morgan fingerprint density at radius 1 is 0.742 bits per heavy atom. The molecule has 2 fully saturated rings. The van der Waals surface area contributed by atoms with Gasteiger partial charge in [0.15, 0.2) is 0 Å². The van der Waals surface area contributed by atoms with E-state index in [1.807, 2.05) is 4.90 Å². The zero-order chi connectivity index (χ0) is 23.0. The maximum atomic E-state index is 12.9. The van der Waals surface area contributed by atoms with Gasteiger partial charge in [-0.15, -0.1) is 0 Å².